The van der Waals surface area contributed by atoms with Crippen LogP contribution >= 0.6 is 0 Å². The highest BCUT2D eigenvalue weighted by atomic mass is 16.5. The maximum atomic E-state index is 14.6. The Balaban J connectivity index is 1.53. The average molecular weight is 681 g/mol. The Hall–Kier alpha value is -4.76. The number of aliphatic hydroxyl groups excluding tert-OH is 2. The summed E-state index contributed by atoms with van der Waals surface area (Å²) >= 11 is 0. The summed E-state index contributed by atoms with van der Waals surface area (Å²) in [5.74, 6) is -5.76. The number of allylic oxidation sites excluding steroid dienone is 1. The van der Waals surface area contributed by atoms with Crippen LogP contribution in [0.3, 0.4) is 0 Å². The molecular weight excluding hydrogens is 636 g/mol. The van der Waals surface area contributed by atoms with E-state index in [9.17, 15) is 39.6 Å². The second kappa shape index (κ2) is 12.2. The van der Waals surface area contributed by atoms with Crippen LogP contribution in [-0.2, 0) is 36.8 Å². The largest absolute Gasteiger partial charge is 0.508 e. The van der Waals surface area contributed by atoms with Gasteiger partial charge in [-0.2, -0.15) is 0 Å². The molecule has 0 heterocycles. The number of ketones is 3. The van der Waals surface area contributed by atoms with Gasteiger partial charge in [0.1, 0.15) is 22.8 Å². The normalized spacial score (nSPS) is 26.2. The number of carbonyl (C=O) groups is 4. The van der Waals surface area contributed by atoms with Crippen LogP contribution in [-0.4, -0.2) is 56.0 Å². The number of aliphatic hydroxyl groups is 3. The highest BCUT2D eigenvalue weighted by molar-refractivity contribution is 6.24. The molecule has 0 saturated heterocycles. The highest BCUT2D eigenvalue weighted by Crippen LogP contribution is 2.65. The fourth-order valence-corrected chi connectivity index (χ4v) is 9.44. The minimum atomic E-state index is -2.66. The quantitative estimate of drug-likeness (QED) is 0.147. The lowest BCUT2D eigenvalue weighted by Crippen LogP contribution is -2.69. The van der Waals surface area contributed by atoms with Crippen LogP contribution in [0.15, 0.2) is 65.4 Å². The summed E-state index contributed by atoms with van der Waals surface area (Å²) in [5.41, 5.74) is -2.81. The Kier molecular flexibility index (Phi) is 8.58. The number of ether oxygens (including phenoxy) is 1. The molecule has 3 aromatic carbocycles. The van der Waals surface area contributed by atoms with E-state index >= 15 is 0 Å². The van der Waals surface area contributed by atoms with Gasteiger partial charge in [0.05, 0.1) is 12.2 Å². The molecule has 3 aliphatic rings. The zero-order chi connectivity index (χ0) is 36.5. The second-order valence-electron chi connectivity index (χ2n) is 14.9. The summed E-state index contributed by atoms with van der Waals surface area (Å²) in [7, 11) is 0. The van der Waals surface area contributed by atoms with Gasteiger partial charge >= 0.3 is 5.97 Å². The smallest absolute Gasteiger partial charge is 0.305 e. The third-order valence-corrected chi connectivity index (χ3v) is 11.3. The minimum absolute atomic E-state index is 0.0140. The predicted molar refractivity (Wildman–Crippen MR) is 188 cm³/mol. The van der Waals surface area contributed by atoms with Crippen molar-refractivity contribution in [1.29, 1.82) is 0 Å². The van der Waals surface area contributed by atoms with Crippen LogP contribution in [0.1, 0.15) is 77.5 Å². The molecule has 0 aromatic heterocycles. The number of phenols is 1. The zero-order valence-corrected chi connectivity index (χ0v) is 29.3. The molecule has 0 bridgehead atoms. The standard InChI is InChI=1S/C41H44O9/c1-7-50-30(44)14-10-11-23-15-16-26(25-13-9-8-12-24(23)25)27-17-18-29(43)32-28(27)19-39(5)20-40(6)33(21(2)3)35(45)31(22(4)42)37(47)41(40,49)38(48)34(39)36(32)46/h8-9,12-13,15-18,21,33,43,46-47,49H,7,10-11,14,19-20H2,1-6H3/t33?,39-,40-,41+/m1/s1. The lowest BCUT2D eigenvalue weighted by atomic mass is 9.43. The van der Waals surface area contributed by atoms with Gasteiger partial charge in [0, 0.05) is 28.7 Å². The Bertz CT molecular complexity index is 2050. The van der Waals surface area contributed by atoms with E-state index in [1.807, 2.05) is 36.4 Å². The number of aryl methyl sites for hydroxylation is 1. The van der Waals surface area contributed by atoms with Crippen LogP contribution in [0.2, 0.25) is 0 Å². The molecule has 3 aromatic rings. The number of aromatic hydroxyl groups is 1. The van der Waals surface area contributed by atoms with Crippen molar-refractivity contribution in [2.75, 3.05) is 6.61 Å². The molecule has 0 spiro atoms. The predicted octanol–water partition coefficient (Wildman–Crippen LogP) is 6.90. The molecule has 1 fully saturated rings. The van der Waals surface area contributed by atoms with Crippen molar-refractivity contribution in [1.82, 2.24) is 0 Å². The number of rotatable bonds is 8. The van der Waals surface area contributed by atoms with Crippen LogP contribution in [0.4, 0.5) is 0 Å². The number of esters is 1. The molecule has 262 valence electrons. The van der Waals surface area contributed by atoms with E-state index in [-0.39, 0.29) is 35.7 Å². The first-order valence-electron chi connectivity index (χ1n) is 17.2. The average Bonchev–Trinajstić information content (AvgIpc) is 3.03. The van der Waals surface area contributed by atoms with Gasteiger partial charge in [0.25, 0.3) is 0 Å². The summed E-state index contributed by atoms with van der Waals surface area (Å²) in [5, 5.41) is 48.9. The fraction of sp³-hybridized carbons (Fsp3) is 0.415. The van der Waals surface area contributed by atoms with Crippen LogP contribution in [0.5, 0.6) is 5.75 Å². The van der Waals surface area contributed by atoms with Crippen molar-refractivity contribution in [3.05, 3.63) is 82.1 Å². The molecule has 1 saturated carbocycles. The van der Waals surface area contributed by atoms with E-state index in [0.29, 0.717) is 31.4 Å². The van der Waals surface area contributed by atoms with Gasteiger partial charge in [-0.15, -0.1) is 0 Å². The first-order valence-corrected chi connectivity index (χ1v) is 17.2. The third-order valence-electron chi connectivity index (χ3n) is 11.3. The van der Waals surface area contributed by atoms with E-state index in [4.69, 9.17) is 4.74 Å². The second-order valence-corrected chi connectivity index (χ2v) is 14.9. The maximum Gasteiger partial charge on any atom is 0.305 e. The molecular formula is C41H44O9. The Morgan fingerprint density at radius 1 is 0.960 bits per heavy atom. The molecule has 9 heteroatoms. The fourth-order valence-electron chi connectivity index (χ4n) is 9.44. The number of fused-ring (bicyclic) bond motifs is 4. The first-order chi connectivity index (χ1) is 23.5. The zero-order valence-electron chi connectivity index (χ0n) is 29.3. The van der Waals surface area contributed by atoms with E-state index in [2.05, 4.69) is 0 Å². The van der Waals surface area contributed by atoms with E-state index in [1.54, 1.807) is 40.7 Å². The lowest BCUT2D eigenvalue weighted by molar-refractivity contribution is -0.178. The topological polar surface area (TPSA) is 158 Å². The summed E-state index contributed by atoms with van der Waals surface area (Å²) < 4.78 is 5.09. The van der Waals surface area contributed by atoms with Gasteiger partial charge in [0.2, 0.25) is 5.78 Å². The van der Waals surface area contributed by atoms with E-state index in [0.717, 1.165) is 34.4 Å². The van der Waals surface area contributed by atoms with Crippen LogP contribution in [0, 0.1) is 22.7 Å². The van der Waals surface area contributed by atoms with Gasteiger partial charge in [-0.05, 0) is 84.5 Å². The lowest BCUT2D eigenvalue weighted by Gasteiger charge is -2.59. The monoisotopic (exact) mass is 680 g/mol. The molecule has 4 N–H and O–H groups in total. The Labute approximate surface area is 291 Å². The molecule has 50 heavy (non-hydrogen) atoms. The first kappa shape index (κ1) is 35.1. The molecule has 0 radical (unpaired) electrons. The molecule has 6 rings (SSSR count). The van der Waals surface area contributed by atoms with Crippen molar-refractivity contribution in [2.45, 2.75) is 79.2 Å². The summed E-state index contributed by atoms with van der Waals surface area (Å²) in [6, 6.07) is 15.1. The molecule has 1 unspecified atom stereocenters. The maximum absolute atomic E-state index is 14.6. The molecule has 9 nitrogen and oxygen atoms in total. The van der Waals surface area contributed by atoms with Crippen molar-refractivity contribution in [3.8, 4) is 16.9 Å². The van der Waals surface area contributed by atoms with Crippen molar-refractivity contribution < 1.29 is 44.3 Å². The molecule has 0 amide bonds. The minimum Gasteiger partial charge on any atom is -0.508 e. The molecule has 4 atom stereocenters. The van der Waals surface area contributed by atoms with Crippen LogP contribution < -0.4 is 0 Å². The van der Waals surface area contributed by atoms with Gasteiger partial charge in [-0.3, -0.25) is 19.2 Å². The number of hydrogen-bond donors (Lipinski definition) is 4. The summed E-state index contributed by atoms with van der Waals surface area (Å²) in [6.45, 7) is 10.2. The van der Waals surface area contributed by atoms with Gasteiger partial charge in [-0.25, -0.2) is 0 Å². The Morgan fingerprint density at radius 3 is 2.26 bits per heavy atom. The number of benzene rings is 3. The van der Waals surface area contributed by atoms with Crippen molar-refractivity contribution in [3.63, 3.8) is 0 Å². The van der Waals surface area contributed by atoms with Gasteiger partial charge < -0.3 is 25.2 Å². The highest BCUT2D eigenvalue weighted by Gasteiger charge is 2.72. The third kappa shape index (κ3) is 4.92. The number of phenolic OH excluding ortho intramolecular Hbond substituents is 1. The van der Waals surface area contributed by atoms with Gasteiger partial charge in [-0.1, -0.05) is 70.2 Å². The number of carbonyl (C=O) groups excluding carboxylic acids is 4. The van der Waals surface area contributed by atoms with Crippen LogP contribution in [0.25, 0.3) is 27.7 Å². The molecule has 3 aliphatic carbocycles. The summed E-state index contributed by atoms with van der Waals surface area (Å²) in [6.07, 6.45) is 1.77. The van der Waals surface area contributed by atoms with E-state index in [1.165, 1.54) is 6.07 Å². The van der Waals surface area contributed by atoms with Crippen molar-refractivity contribution in [2.24, 2.45) is 22.7 Å². The number of hydrogen-bond acceptors (Lipinski definition) is 9. The molecule has 0 aliphatic heterocycles. The van der Waals surface area contributed by atoms with Crippen molar-refractivity contribution >= 4 is 39.9 Å². The van der Waals surface area contributed by atoms with Gasteiger partial charge in [0.15, 0.2) is 17.2 Å². The Morgan fingerprint density at radius 2 is 1.62 bits per heavy atom. The number of Topliss-reactive ketones (excluding diaryl/α,β-unsaturated/α-hetero) is 3. The SMILES string of the molecule is CCOC(=O)CCCc1ccc(-c2ccc(O)c3c2C[C@]2(C)C[C@]4(C)C(C(C)C)C(=O)C(C(C)=O)=C(O)[C@]4(O)C(=O)C2=C3O)c2ccccc12. The summed E-state index contributed by atoms with van der Waals surface area (Å²) in [4.78, 5) is 53.1. The van der Waals surface area contributed by atoms with E-state index < -0.39 is 62.7 Å².